The van der Waals surface area contributed by atoms with Crippen LogP contribution in [0, 0.1) is 6.92 Å². The van der Waals surface area contributed by atoms with Gasteiger partial charge < -0.3 is 9.30 Å². The van der Waals surface area contributed by atoms with Crippen LogP contribution in [0.1, 0.15) is 5.56 Å². The van der Waals surface area contributed by atoms with Crippen LogP contribution in [0.3, 0.4) is 0 Å². The average molecular weight is 359 g/mol. The number of pyridine rings is 1. The van der Waals surface area contributed by atoms with Crippen molar-refractivity contribution in [1.29, 1.82) is 0 Å². The topological polar surface area (TPSA) is 48.3 Å². The van der Waals surface area contributed by atoms with Gasteiger partial charge in [0.2, 0.25) is 0 Å². The summed E-state index contributed by atoms with van der Waals surface area (Å²) in [6.45, 7) is 0.216. The normalized spacial score (nSPS) is 12.9. The lowest BCUT2D eigenvalue weighted by Crippen LogP contribution is -2.19. The number of hydrogen-bond donors (Lipinski definition) is 0. The van der Waals surface area contributed by atoms with E-state index >= 15 is 0 Å². The van der Waals surface area contributed by atoms with E-state index in [-0.39, 0.29) is 11.3 Å². The Kier molecular flexibility index (Phi) is 5.17. The average Bonchev–Trinajstić information content (AvgIpc) is 2.49. The number of halogens is 3. The van der Waals surface area contributed by atoms with Crippen LogP contribution < -0.4 is 10.3 Å². The molecule has 1 atom stereocenters. The highest BCUT2D eigenvalue weighted by molar-refractivity contribution is 7.84. The van der Waals surface area contributed by atoms with Crippen LogP contribution in [0.15, 0.2) is 40.2 Å². The van der Waals surface area contributed by atoms with Crippen LogP contribution in [0.2, 0.25) is 0 Å². The molecule has 1 heterocycles. The van der Waals surface area contributed by atoms with Gasteiger partial charge in [-0.15, -0.1) is 0 Å². The summed E-state index contributed by atoms with van der Waals surface area (Å²) in [6, 6.07) is 5.99. The van der Waals surface area contributed by atoms with E-state index in [0.29, 0.717) is 21.6 Å². The molecule has 0 aliphatic rings. The molecular weight excluding hydrogens is 343 g/mol. The molecule has 8 heteroatoms. The van der Waals surface area contributed by atoms with Crippen molar-refractivity contribution in [2.24, 2.45) is 7.05 Å². The molecule has 0 N–H and O–H groups in total. The maximum atomic E-state index is 12.4. The van der Waals surface area contributed by atoms with Crippen LogP contribution in [0.25, 0.3) is 11.1 Å². The Labute approximate surface area is 139 Å². The van der Waals surface area contributed by atoms with Gasteiger partial charge in [-0.2, -0.15) is 13.2 Å². The number of ether oxygens (including phenoxy) is 1. The van der Waals surface area contributed by atoms with Crippen molar-refractivity contribution >= 4 is 10.8 Å². The molecule has 2 aromatic rings. The lowest BCUT2D eigenvalue weighted by molar-refractivity contribution is -0.153. The van der Waals surface area contributed by atoms with Gasteiger partial charge in [0.05, 0.1) is 0 Å². The van der Waals surface area contributed by atoms with Crippen molar-refractivity contribution in [3.63, 3.8) is 0 Å². The largest absolute Gasteiger partial charge is 0.484 e. The fourth-order valence-corrected chi connectivity index (χ4v) is 2.76. The molecule has 4 nitrogen and oxygen atoms in total. The fourth-order valence-electron chi connectivity index (χ4n) is 2.19. The lowest BCUT2D eigenvalue weighted by Gasteiger charge is -2.13. The van der Waals surface area contributed by atoms with Crippen LogP contribution in [-0.2, 0) is 17.8 Å². The minimum absolute atomic E-state index is 0.0264. The van der Waals surface area contributed by atoms with E-state index in [9.17, 15) is 22.2 Å². The Morgan fingerprint density at radius 2 is 1.83 bits per heavy atom. The van der Waals surface area contributed by atoms with E-state index in [1.165, 1.54) is 23.0 Å². The highest BCUT2D eigenvalue weighted by Gasteiger charge is 2.28. The molecule has 1 unspecified atom stereocenters. The quantitative estimate of drug-likeness (QED) is 0.843. The van der Waals surface area contributed by atoms with Crippen molar-refractivity contribution in [3.05, 3.63) is 46.4 Å². The first-order valence-electron chi connectivity index (χ1n) is 6.92. The number of nitrogens with zero attached hydrogens (tertiary/aromatic N) is 1. The molecule has 0 bridgehead atoms. The predicted molar refractivity (Wildman–Crippen MR) is 85.7 cm³/mol. The molecule has 1 aromatic carbocycles. The predicted octanol–water partition coefficient (Wildman–Crippen LogP) is 3.04. The first kappa shape index (κ1) is 18.3. The first-order chi connectivity index (χ1) is 11.1. The number of hydrogen-bond acceptors (Lipinski definition) is 3. The van der Waals surface area contributed by atoms with E-state index < -0.39 is 23.6 Å². The minimum Gasteiger partial charge on any atom is -0.484 e. The van der Waals surface area contributed by atoms with Gasteiger partial charge in [-0.1, -0.05) is 0 Å². The summed E-state index contributed by atoms with van der Waals surface area (Å²) in [5, 5.41) is 0. The van der Waals surface area contributed by atoms with Gasteiger partial charge in [0.1, 0.15) is 5.75 Å². The third-order valence-electron chi connectivity index (χ3n) is 3.31. The molecule has 24 heavy (non-hydrogen) atoms. The highest BCUT2D eigenvalue weighted by atomic mass is 32.2. The van der Waals surface area contributed by atoms with Gasteiger partial charge >= 0.3 is 6.18 Å². The van der Waals surface area contributed by atoms with Crippen LogP contribution in [0.4, 0.5) is 13.2 Å². The molecule has 0 saturated heterocycles. The van der Waals surface area contributed by atoms with Crippen LogP contribution >= 0.6 is 0 Å². The van der Waals surface area contributed by atoms with Crippen LogP contribution in [-0.4, -0.2) is 27.8 Å². The zero-order valence-electron chi connectivity index (χ0n) is 13.3. The second-order valence-electron chi connectivity index (χ2n) is 5.38. The Bertz CT molecular complexity index is 817. The minimum atomic E-state index is -4.46. The second kappa shape index (κ2) is 6.80. The summed E-state index contributed by atoms with van der Waals surface area (Å²) in [5.74, 6) is -0.0264. The third-order valence-corrected chi connectivity index (χ3v) is 4.21. The summed E-state index contributed by atoms with van der Waals surface area (Å²) in [6.07, 6.45) is -1.46. The zero-order chi connectivity index (χ0) is 18.1. The molecule has 0 spiro atoms. The Morgan fingerprint density at radius 3 is 2.38 bits per heavy atom. The fraction of sp³-hybridized carbons (Fsp3) is 0.312. The molecule has 0 radical (unpaired) electrons. The number of aromatic nitrogens is 1. The van der Waals surface area contributed by atoms with Crippen molar-refractivity contribution in [2.45, 2.75) is 18.0 Å². The maximum Gasteiger partial charge on any atom is 0.422 e. The number of alkyl halides is 3. The summed E-state index contributed by atoms with van der Waals surface area (Å²) < 4.78 is 55.0. The van der Waals surface area contributed by atoms with Crippen LogP contribution in [0.5, 0.6) is 5.75 Å². The Morgan fingerprint density at radius 1 is 1.17 bits per heavy atom. The first-order valence-corrected chi connectivity index (χ1v) is 8.48. The Balaban J connectivity index is 2.51. The van der Waals surface area contributed by atoms with Gasteiger partial charge in [0.15, 0.2) is 6.61 Å². The summed E-state index contributed by atoms with van der Waals surface area (Å²) in [4.78, 5) is 12.1. The molecule has 130 valence electrons. The van der Waals surface area contributed by atoms with E-state index in [2.05, 4.69) is 0 Å². The zero-order valence-corrected chi connectivity index (χ0v) is 14.1. The van der Waals surface area contributed by atoms with Crippen molar-refractivity contribution < 1.29 is 22.1 Å². The molecule has 0 aliphatic heterocycles. The van der Waals surface area contributed by atoms with E-state index in [4.69, 9.17) is 4.74 Å². The summed E-state index contributed by atoms with van der Waals surface area (Å²) in [7, 11) is 0.192. The van der Waals surface area contributed by atoms with Gasteiger partial charge in [-0.05, 0) is 42.3 Å². The molecule has 1 aromatic heterocycles. The maximum absolute atomic E-state index is 12.4. The molecular formula is C16H16F3NO3S. The van der Waals surface area contributed by atoms with E-state index in [0.717, 1.165) is 0 Å². The summed E-state index contributed by atoms with van der Waals surface area (Å²) >= 11 is 0. The number of aryl methyl sites for hydroxylation is 2. The second-order valence-corrected chi connectivity index (χ2v) is 6.76. The summed E-state index contributed by atoms with van der Waals surface area (Å²) in [5.41, 5.74) is 1.48. The van der Waals surface area contributed by atoms with Gasteiger partial charge in [-0.3, -0.25) is 9.00 Å². The lowest BCUT2D eigenvalue weighted by atomic mass is 10.1. The Hall–Kier alpha value is -2.09. The van der Waals surface area contributed by atoms with E-state index in [1.807, 2.05) is 0 Å². The monoisotopic (exact) mass is 359 g/mol. The van der Waals surface area contributed by atoms with Gasteiger partial charge in [0.25, 0.3) is 5.56 Å². The van der Waals surface area contributed by atoms with Crippen molar-refractivity contribution in [2.75, 3.05) is 12.9 Å². The molecule has 0 fully saturated rings. The van der Waals surface area contributed by atoms with Gasteiger partial charge in [-0.25, -0.2) is 0 Å². The number of benzene rings is 1. The smallest absolute Gasteiger partial charge is 0.422 e. The molecule has 0 amide bonds. The SMILES string of the molecule is Cc1cc(-c2cc(OCC(F)(F)F)cc(S(C)=O)c2)cn(C)c1=O. The molecule has 0 aliphatic carbocycles. The van der Waals surface area contributed by atoms with Gasteiger partial charge in [0, 0.05) is 40.8 Å². The van der Waals surface area contributed by atoms with Crippen molar-refractivity contribution in [1.82, 2.24) is 4.57 Å². The highest BCUT2D eigenvalue weighted by Crippen LogP contribution is 2.28. The third kappa shape index (κ3) is 4.47. The number of rotatable bonds is 4. The standard InChI is InChI=1S/C16H16F3NO3S/c1-10-4-12(8-20(2)15(10)21)11-5-13(23-9-16(17,18)19)7-14(6-11)24(3)22/h4-8H,9H2,1-3H3. The van der Waals surface area contributed by atoms with Crippen molar-refractivity contribution in [3.8, 4) is 16.9 Å². The molecule has 0 saturated carbocycles. The van der Waals surface area contributed by atoms with E-state index in [1.54, 1.807) is 32.3 Å². The molecule has 2 rings (SSSR count).